The summed E-state index contributed by atoms with van der Waals surface area (Å²) in [5.41, 5.74) is 2.89. The van der Waals surface area contributed by atoms with E-state index in [4.69, 9.17) is 5.84 Å². The van der Waals surface area contributed by atoms with Gasteiger partial charge in [0.05, 0.1) is 5.56 Å². The molecule has 1 atom stereocenters. The van der Waals surface area contributed by atoms with Gasteiger partial charge in [0.25, 0.3) is 5.91 Å². The van der Waals surface area contributed by atoms with E-state index in [-0.39, 0.29) is 5.91 Å². The number of rotatable bonds is 4. The topological polar surface area (TPSA) is 83.3 Å². The molecule has 1 fully saturated rings. The molecule has 4 N–H and O–H groups in total. The fourth-order valence-electron chi connectivity index (χ4n) is 2.44. The first-order chi connectivity index (χ1) is 9.61. The van der Waals surface area contributed by atoms with Gasteiger partial charge >= 0.3 is 0 Å². The number of nitrogens with zero attached hydrogens (tertiary/aromatic N) is 2. The molecule has 20 heavy (non-hydrogen) atoms. The van der Waals surface area contributed by atoms with Crippen LogP contribution in [0.3, 0.4) is 0 Å². The highest BCUT2D eigenvalue weighted by Gasteiger charge is 2.20. The van der Waals surface area contributed by atoms with Crippen LogP contribution in [0.15, 0.2) is 16.7 Å². The SMILES string of the molecule is CN1CCCCC1CNC(=O)c1cc(Br)cnc1NN. The number of nitrogen functional groups attached to an aromatic ring is 1. The molecule has 7 heteroatoms. The second-order valence-electron chi connectivity index (χ2n) is 5.03. The number of hydrogen-bond acceptors (Lipinski definition) is 5. The van der Waals surface area contributed by atoms with Gasteiger partial charge in [0.2, 0.25) is 0 Å². The Bertz CT molecular complexity index is 482. The van der Waals surface area contributed by atoms with Gasteiger partial charge in [-0.15, -0.1) is 0 Å². The Kier molecular flexibility index (Phi) is 5.33. The first-order valence-corrected chi connectivity index (χ1v) is 7.51. The number of halogens is 1. The van der Waals surface area contributed by atoms with E-state index in [1.165, 1.54) is 12.8 Å². The Balaban J connectivity index is 1.99. The number of likely N-dealkylation sites (tertiary alicyclic amines) is 1. The van der Waals surface area contributed by atoms with Crippen molar-refractivity contribution in [1.29, 1.82) is 0 Å². The Labute approximate surface area is 127 Å². The van der Waals surface area contributed by atoms with Crippen LogP contribution in [0.1, 0.15) is 29.6 Å². The van der Waals surface area contributed by atoms with Crippen LogP contribution in [-0.2, 0) is 0 Å². The average molecular weight is 342 g/mol. The lowest BCUT2D eigenvalue weighted by Crippen LogP contribution is -2.44. The lowest BCUT2D eigenvalue weighted by atomic mass is 10.0. The molecule has 0 radical (unpaired) electrons. The number of hydrazine groups is 1. The number of amides is 1. The first-order valence-electron chi connectivity index (χ1n) is 6.72. The molecular formula is C13H20BrN5O. The minimum atomic E-state index is -0.161. The zero-order valence-electron chi connectivity index (χ0n) is 11.5. The quantitative estimate of drug-likeness (QED) is 0.568. The molecule has 2 rings (SSSR count). The van der Waals surface area contributed by atoms with Crippen LogP contribution < -0.4 is 16.6 Å². The fourth-order valence-corrected chi connectivity index (χ4v) is 2.77. The summed E-state index contributed by atoms with van der Waals surface area (Å²) in [4.78, 5) is 18.6. The van der Waals surface area contributed by atoms with Gasteiger partial charge in [0, 0.05) is 23.3 Å². The molecule has 1 amide bonds. The number of anilines is 1. The maximum Gasteiger partial charge on any atom is 0.255 e. The smallest absolute Gasteiger partial charge is 0.255 e. The lowest BCUT2D eigenvalue weighted by Gasteiger charge is -2.32. The Morgan fingerprint density at radius 3 is 3.10 bits per heavy atom. The zero-order valence-corrected chi connectivity index (χ0v) is 13.1. The van der Waals surface area contributed by atoms with Crippen molar-refractivity contribution in [2.75, 3.05) is 25.6 Å². The molecule has 0 saturated carbocycles. The summed E-state index contributed by atoms with van der Waals surface area (Å²) in [5, 5.41) is 2.96. The van der Waals surface area contributed by atoms with E-state index in [1.807, 2.05) is 0 Å². The van der Waals surface area contributed by atoms with Crippen LogP contribution >= 0.6 is 15.9 Å². The Morgan fingerprint density at radius 1 is 1.60 bits per heavy atom. The minimum absolute atomic E-state index is 0.161. The van der Waals surface area contributed by atoms with E-state index in [2.05, 4.69) is 43.6 Å². The minimum Gasteiger partial charge on any atom is -0.350 e. The number of piperidine rings is 1. The van der Waals surface area contributed by atoms with Crippen molar-refractivity contribution in [3.8, 4) is 0 Å². The third-order valence-electron chi connectivity index (χ3n) is 3.66. The molecule has 0 aromatic carbocycles. The van der Waals surface area contributed by atoms with Gasteiger partial charge in [-0.3, -0.25) is 4.79 Å². The van der Waals surface area contributed by atoms with Crippen LogP contribution in [0.2, 0.25) is 0 Å². The normalized spacial score (nSPS) is 19.6. The van der Waals surface area contributed by atoms with Gasteiger partial charge in [-0.25, -0.2) is 10.8 Å². The van der Waals surface area contributed by atoms with Crippen LogP contribution in [0.25, 0.3) is 0 Å². The molecule has 0 spiro atoms. The Morgan fingerprint density at radius 2 is 2.40 bits per heavy atom. The molecule has 1 aliphatic rings. The summed E-state index contributed by atoms with van der Waals surface area (Å²) in [5.74, 6) is 5.60. The van der Waals surface area contributed by atoms with E-state index in [1.54, 1.807) is 12.3 Å². The largest absolute Gasteiger partial charge is 0.350 e. The van der Waals surface area contributed by atoms with Crippen molar-refractivity contribution in [3.63, 3.8) is 0 Å². The monoisotopic (exact) mass is 341 g/mol. The van der Waals surface area contributed by atoms with Gasteiger partial charge in [-0.1, -0.05) is 6.42 Å². The average Bonchev–Trinajstić information content (AvgIpc) is 2.46. The summed E-state index contributed by atoms with van der Waals surface area (Å²) in [6.07, 6.45) is 5.17. The van der Waals surface area contributed by atoms with Crippen LogP contribution in [-0.4, -0.2) is 42.0 Å². The van der Waals surface area contributed by atoms with Crippen molar-refractivity contribution in [2.45, 2.75) is 25.3 Å². The summed E-state index contributed by atoms with van der Waals surface area (Å²) < 4.78 is 0.747. The predicted molar refractivity (Wildman–Crippen MR) is 82.3 cm³/mol. The van der Waals surface area contributed by atoms with Crippen molar-refractivity contribution in [1.82, 2.24) is 15.2 Å². The van der Waals surface area contributed by atoms with Crippen molar-refractivity contribution < 1.29 is 4.79 Å². The van der Waals surface area contributed by atoms with Crippen molar-refractivity contribution >= 4 is 27.7 Å². The van der Waals surface area contributed by atoms with E-state index >= 15 is 0 Å². The van der Waals surface area contributed by atoms with Gasteiger partial charge in [0.1, 0.15) is 0 Å². The number of nitrogens with one attached hydrogen (secondary N) is 2. The third kappa shape index (κ3) is 3.68. The van der Waals surface area contributed by atoms with Crippen LogP contribution in [0.4, 0.5) is 5.82 Å². The molecule has 0 aliphatic carbocycles. The van der Waals surface area contributed by atoms with E-state index < -0.39 is 0 Å². The highest BCUT2D eigenvalue weighted by molar-refractivity contribution is 9.10. The highest BCUT2D eigenvalue weighted by atomic mass is 79.9. The number of pyridine rings is 1. The highest BCUT2D eigenvalue weighted by Crippen LogP contribution is 2.18. The molecule has 0 bridgehead atoms. The zero-order chi connectivity index (χ0) is 14.5. The summed E-state index contributed by atoms with van der Waals surface area (Å²) in [6.45, 7) is 1.74. The van der Waals surface area contributed by atoms with Crippen LogP contribution in [0.5, 0.6) is 0 Å². The summed E-state index contributed by atoms with van der Waals surface area (Å²) >= 11 is 3.31. The predicted octanol–water partition coefficient (Wildman–Crippen LogP) is 1.34. The maximum absolute atomic E-state index is 12.2. The molecule has 1 aliphatic heterocycles. The van der Waals surface area contributed by atoms with Gasteiger partial charge in [0.15, 0.2) is 5.82 Å². The number of nitrogens with two attached hydrogens (primary N) is 1. The molecule has 1 unspecified atom stereocenters. The molecule has 1 aromatic rings. The molecule has 1 aromatic heterocycles. The van der Waals surface area contributed by atoms with E-state index in [0.29, 0.717) is 24.0 Å². The molecule has 1 saturated heterocycles. The Hall–Kier alpha value is -1.18. The summed E-state index contributed by atoms with van der Waals surface area (Å²) in [6, 6.07) is 2.12. The molecule has 6 nitrogen and oxygen atoms in total. The van der Waals surface area contributed by atoms with Gasteiger partial charge in [-0.2, -0.15) is 0 Å². The van der Waals surface area contributed by atoms with Gasteiger partial charge in [-0.05, 0) is 48.4 Å². The number of likely N-dealkylation sites (N-methyl/N-ethyl adjacent to an activating group) is 1. The van der Waals surface area contributed by atoms with Gasteiger partial charge < -0.3 is 15.6 Å². The van der Waals surface area contributed by atoms with Crippen molar-refractivity contribution in [3.05, 3.63) is 22.3 Å². The first kappa shape index (κ1) is 15.2. The molecule has 110 valence electrons. The molecule has 2 heterocycles. The van der Waals surface area contributed by atoms with E-state index in [0.717, 1.165) is 17.4 Å². The van der Waals surface area contributed by atoms with Crippen molar-refractivity contribution in [2.24, 2.45) is 5.84 Å². The number of carbonyl (C=O) groups is 1. The fraction of sp³-hybridized carbons (Fsp3) is 0.538. The van der Waals surface area contributed by atoms with E-state index in [9.17, 15) is 4.79 Å². The lowest BCUT2D eigenvalue weighted by molar-refractivity contribution is 0.0929. The number of aromatic nitrogens is 1. The number of carbonyl (C=O) groups excluding carboxylic acids is 1. The number of hydrogen-bond donors (Lipinski definition) is 3. The maximum atomic E-state index is 12.2. The summed E-state index contributed by atoms with van der Waals surface area (Å²) in [7, 11) is 2.10. The van der Waals surface area contributed by atoms with Crippen LogP contribution in [0, 0.1) is 0 Å². The molecular weight excluding hydrogens is 322 g/mol. The third-order valence-corrected chi connectivity index (χ3v) is 4.09. The second kappa shape index (κ2) is 7.01. The standard InChI is InChI=1S/C13H20BrN5O/c1-19-5-3-2-4-10(19)8-17-13(20)11-6-9(14)7-16-12(11)18-15/h6-7,10H,2-5,8,15H2,1H3,(H,16,18)(H,17,20). The second-order valence-corrected chi connectivity index (χ2v) is 5.95.